The van der Waals surface area contributed by atoms with Gasteiger partial charge in [-0.15, -0.1) is 0 Å². The maximum absolute atomic E-state index is 13.0. The van der Waals surface area contributed by atoms with Gasteiger partial charge in [-0.25, -0.2) is 21.6 Å². The van der Waals surface area contributed by atoms with E-state index < -0.39 is 31.9 Å². The first-order chi connectivity index (χ1) is 11.7. The highest BCUT2D eigenvalue weighted by Gasteiger charge is 2.37. The molecular formula is C15H20N2O6S2. The summed E-state index contributed by atoms with van der Waals surface area (Å²) in [5, 5.41) is 9.15. The number of piperidine rings is 1. The first kappa shape index (κ1) is 18.3. The fourth-order valence-corrected chi connectivity index (χ4v) is 6.50. The van der Waals surface area contributed by atoms with Crippen molar-refractivity contribution in [2.24, 2.45) is 5.92 Å². The van der Waals surface area contributed by atoms with Crippen molar-refractivity contribution < 1.29 is 26.7 Å². The molecule has 0 radical (unpaired) electrons. The molecule has 138 valence electrons. The van der Waals surface area contributed by atoms with Gasteiger partial charge < -0.3 is 5.11 Å². The van der Waals surface area contributed by atoms with Crippen molar-refractivity contribution in [3.8, 4) is 0 Å². The summed E-state index contributed by atoms with van der Waals surface area (Å²) in [7, 11) is -8.06. The summed E-state index contributed by atoms with van der Waals surface area (Å²) >= 11 is 0. The molecule has 2 N–H and O–H groups in total. The van der Waals surface area contributed by atoms with E-state index in [9.17, 15) is 21.6 Å². The van der Waals surface area contributed by atoms with Crippen LogP contribution in [-0.4, -0.2) is 51.3 Å². The van der Waals surface area contributed by atoms with Crippen LogP contribution in [-0.2, 0) is 24.8 Å². The third kappa shape index (κ3) is 3.86. The molecule has 8 nitrogen and oxygen atoms in total. The van der Waals surface area contributed by atoms with Gasteiger partial charge in [0.05, 0.1) is 5.92 Å². The zero-order chi connectivity index (χ0) is 18.2. The molecule has 2 aliphatic rings. The van der Waals surface area contributed by atoms with Crippen molar-refractivity contribution in [1.29, 1.82) is 0 Å². The number of nitrogens with one attached hydrogen (secondary N) is 1. The lowest BCUT2D eigenvalue weighted by atomic mass is 10.0. The van der Waals surface area contributed by atoms with E-state index in [4.69, 9.17) is 5.11 Å². The van der Waals surface area contributed by atoms with Crippen molar-refractivity contribution in [3.05, 3.63) is 24.3 Å². The smallest absolute Gasteiger partial charge is 0.307 e. The summed E-state index contributed by atoms with van der Waals surface area (Å²) in [5.41, 5.74) is 0. The SMILES string of the molecule is O=C(O)C1CCCN(S(=O)(=O)c2ccccc2S(=O)(=O)NC2CC2)C1. The largest absolute Gasteiger partial charge is 0.481 e. The monoisotopic (exact) mass is 388 g/mol. The van der Waals surface area contributed by atoms with Crippen LogP contribution in [0.1, 0.15) is 25.7 Å². The molecule has 0 amide bonds. The van der Waals surface area contributed by atoms with Gasteiger partial charge in [-0.2, -0.15) is 4.31 Å². The molecule has 1 aromatic rings. The van der Waals surface area contributed by atoms with Crippen molar-refractivity contribution in [2.45, 2.75) is 41.5 Å². The molecule has 1 saturated carbocycles. The zero-order valence-electron chi connectivity index (χ0n) is 13.5. The Morgan fingerprint density at radius 2 is 1.72 bits per heavy atom. The van der Waals surface area contributed by atoms with Gasteiger partial charge in [0.25, 0.3) is 0 Å². The average molecular weight is 388 g/mol. The quantitative estimate of drug-likeness (QED) is 0.737. The lowest BCUT2D eigenvalue weighted by Crippen LogP contribution is -2.42. The molecule has 25 heavy (non-hydrogen) atoms. The van der Waals surface area contributed by atoms with Gasteiger partial charge in [-0.05, 0) is 37.8 Å². The molecule has 2 fully saturated rings. The highest BCUT2D eigenvalue weighted by atomic mass is 32.2. The van der Waals surface area contributed by atoms with Gasteiger partial charge in [0.2, 0.25) is 20.0 Å². The number of benzene rings is 1. The number of carboxylic acid groups (broad SMARTS) is 1. The van der Waals surface area contributed by atoms with Crippen molar-refractivity contribution in [3.63, 3.8) is 0 Å². The molecule has 3 rings (SSSR count). The summed E-state index contributed by atoms with van der Waals surface area (Å²) < 4.78 is 54.5. The van der Waals surface area contributed by atoms with Crippen LogP contribution in [0.25, 0.3) is 0 Å². The highest BCUT2D eigenvalue weighted by Crippen LogP contribution is 2.29. The van der Waals surface area contributed by atoms with Gasteiger partial charge in [-0.1, -0.05) is 12.1 Å². The van der Waals surface area contributed by atoms with E-state index in [1.807, 2.05) is 0 Å². The second-order valence-electron chi connectivity index (χ2n) is 6.38. The van der Waals surface area contributed by atoms with E-state index in [0.717, 1.165) is 17.1 Å². The van der Waals surface area contributed by atoms with E-state index in [2.05, 4.69) is 4.72 Å². The lowest BCUT2D eigenvalue weighted by molar-refractivity contribution is -0.142. The Morgan fingerprint density at radius 1 is 1.08 bits per heavy atom. The van der Waals surface area contributed by atoms with Gasteiger partial charge >= 0.3 is 5.97 Å². The standard InChI is InChI=1S/C15H20N2O6S2/c18-15(19)11-4-3-9-17(10-11)25(22,23)14-6-2-1-5-13(14)24(20,21)16-12-7-8-12/h1-2,5-6,11-12,16H,3-4,7-10H2,(H,18,19). The average Bonchev–Trinajstić information content (AvgIpc) is 3.38. The molecule has 0 bridgehead atoms. The number of carbonyl (C=O) groups is 1. The molecule has 1 aliphatic heterocycles. The highest BCUT2D eigenvalue weighted by molar-refractivity contribution is 7.92. The van der Waals surface area contributed by atoms with E-state index in [-0.39, 0.29) is 28.9 Å². The maximum Gasteiger partial charge on any atom is 0.307 e. The van der Waals surface area contributed by atoms with Crippen LogP contribution in [0.15, 0.2) is 34.1 Å². The fourth-order valence-electron chi connectivity index (χ4n) is 2.87. The topological polar surface area (TPSA) is 121 Å². The lowest BCUT2D eigenvalue weighted by Gasteiger charge is -2.30. The van der Waals surface area contributed by atoms with Crippen LogP contribution in [0, 0.1) is 5.92 Å². The van der Waals surface area contributed by atoms with E-state index in [1.165, 1.54) is 24.3 Å². The van der Waals surface area contributed by atoms with E-state index in [1.54, 1.807) is 0 Å². The maximum atomic E-state index is 13.0. The number of aliphatic carboxylic acids is 1. The second-order valence-corrected chi connectivity index (χ2v) is 9.97. The fraction of sp³-hybridized carbons (Fsp3) is 0.533. The minimum Gasteiger partial charge on any atom is -0.481 e. The molecule has 0 spiro atoms. The van der Waals surface area contributed by atoms with Crippen LogP contribution in [0.4, 0.5) is 0 Å². The Morgan fingerprint density at radius 3 is 2.32 bits per heavy atom. The summed E-state index contributed by atoms with van der Waals surface area (Å²) in [6.45, 7) is 0.0264. The van der Waals surface area contributed by atoms with Crippen LogP contribution >= 0.6 is 0 Å². The number of hydrogen-bond donors (Lipinski definition) is 2. The Bertz CT molecular complexity index is 877. The normalized spacial score (nSPS) is 22.6. The summed E-state index contributed by atoms with van der Waals surface area (Å²) in [6.07, 6.45) is 2.30. The summed E-state index contributed by atoms with van der Waals surface area (Å²) in [4.78, 5) is 10.6. The first-order valence-corrected chi connectivity index (χ1v) is 11.0. The molecular weight excluding hydrogens is 368 g/mol. The number of nitrogens with zero attached hydrogens (tertiary/aromatic N) is 1. The van der Waals surface area contributed by atoms with Gasteiger partial charge in [-0.3, -0.25) is 4.79 Å². The molecule has 1 heterocycles. The van der Waals surface area contributed by atoms with Crippen LogP contribution in [0.3, 0.4) is 0 Å². The number of rotatable bonds is 6. The van der Waals surface area contributed by atoms with Crippen LogP contribution in [0.2, 0.25) is 0 Å². The first-order valence-electron chi connectivity index (χ1n) is 8.06. The third-order valence-corrected chi connectivity index (χ3v) is 8.02. The summed E-state index contributed by atoms with van der Waals surface area (Å²) in [5.74, 6) is -1.83. The number of sulfonamides is 2. The Balaban J connectivity index is 1.96. The van der Waals surface area contributed by atoms with E-state index >= 15 is 0 Å². The minimum absolute atomic E-state index is 0.146. The summed E-state index contributed by atoms with van der Waals surface area (Å²) in [6, 6.07) is 5.29. The molecule has 0 aromatic heterocycles. The van der Waals surface area contributed by atoms with Crippen LogP contribution in [0.5, 0.6) is 0 Å². The molecule has 10 heteroatoms. The van der Waals surface area contributed by atoms with Gasteiger partial charge in [0.1, 0.15) is 9.79 Å². The van der Waals surface area contributed by atoms with Gasteiger partial charge in [0.15, 0.2) is 0 Å². The van der Waals surface area contributed by atoms with Crippen molar-refractivity contribution in [1.82, 2.24) is 9.03 Å². The predicted molar refractivity (Wildman–Crippen MR) is 88.9 cm³/mol. The van der Waals surface area contributed by atoms with Crippen molar-refractivity contribution in [2.75, 3.05) is 13.1 Å². The zero-order valence-corrected chi connectivity index (χ0v) is 15.1. The molecule has 1 unspecified atom stereocenters. The number of hydrogen-bond acceptors (Lipinski definition) is 5. The molecule has 1 aromatic carbocycles. The van der Waals surface area contributed by atoms with Crippen molar-refractivity contribution >= 4 is 26.0 Å². The predicted octanol–water partition coefficient (Wildman–Crippen LogP) is 0.613. The third-order valence-electron chi connectivity index (χ3n) is 4.39. The molecule has 1 aliphatic carbocycles. The Labute approximate surface area is 146 Å². The van der Waals surface area contributed by atoms with E-state index in [0.29, 0.717) is 12.8 Å². The van der Waals surface area contributed by atoms with Crippen LogP contribution < -0.4 is 4.72 Å². The molecule has 1 saturated heterocycles. The molecule has 1 atom stereocenters. The minimum atomic E-state index is -4.11. The second kappa shape index (κ2) is 6.67. The Hall–Kier alpha value is -1.49. The Kier molecular flexibility index (Phi) is 4.89. The van der Waals surface area contributed by atoms with Gasteiger partial charge in [0, 0.05) is 19.1 Å². The number of carboxylic acids is 1.